The van der Waals surface area contributed by atoms with Gasteiger partial charge in [-0.25, -0.2) is 0 Å². The van der Waals surface area contributed by atoms with Crippen LogP contribution in [0.4, 0.5) is 0 Å². The fraction of sp³-hybridized carbons (Fsp3) is 0.938. The second-order valence-corrected chi connectivity index (χ2v) is 7.10. The van der Waals surface area contributed by atoms with Gasteiger partial charge in [0, 0.05) is 37.1 Å². The zero-order valence-electron chi connectivity index (χ0n) is 12.8. The molecule has 0 aromatic carbocycles. The van der Waals surface area contributed by atoms with E-state index < -0.39 is 0 Å². The number of fused-ring (bicyclic) bond motifs is 1. The van der Waals surface area contributed by atoms with Crippen LogP contribution in [-0.4, -0.2) is 53.5 Å². The van der Waals surface area contributed by atoms with Crippen LogP contribution in [0, 0.1) is 5.92 Å². The number of carbonyl (C=O) groups excluding carboxylic acids is 1. The van der Waals surface area contributed by atoms with Crippen molar-refractivity contribution in [1.29, 1.82) is 0 Å². The highest BCUT2D eigenvalue weighted by molar-refractivity contribution is 5.79. The van der Waals surface area contributed by atoms with Crippen molar-refractivity contribution in [2.45, 2.75) is 70.0 Å². The van der Waals surface area contributed by atoms with E-state index in [2.05, 4.69) is 16.7 Å². The van der Waals surface area contributed by atoms with Crippen LogP contribution in [0.3, 0.4) is 0 Å². The van der Waals surface area contributed by atoms with Crippen LogP contribution in [0.15, 0.2) is 0 Å². The van der Waals surface area contributed by atoms with E-state index in [1.807, 2.05) is 0 Å². The van der Waals surface area contributed by atoms with Gasteiger partial charge in [0.25, 0.3) is 0 Å². The highest BCUT2D eigenvalue weighted by Gasteiger charge is 2.38. The molecule has 4 nitrogen and oxygen atoms in total. The minimum atomic E-state index is 0.243. The molecule has 2 heterocycles. The van der Waals surface area contributed by atoms with Gasteiger partial charge >= 0.3 is 0 Å². The van der Waals surface area contributed by atoms with E-state index in [-0.39, 0.29) is 5.92 Å². The molecule has 0 radical (unpaired) electrons. The van der Waals surface area contributed by atoms with Gasteiger partial charge in [-0.3, -0.25) is 9.69 Å². The maximum absolute atomic E-state index is 12.8. The molecule has 0 spiro atoms. The van der Waals surface area contributed by atoms with Crippen molar-refractivity contribution < 1.29 is 4.79 Å². The van der Waals surface area contributed by atoms with E-state index in [0.29, 0.717) is 24.0 Å². The molecule has 0 bridgehead atoms. The Kier molecular flexibility index (Phi) is 4.32. The number of rotatable bonds is 1. The number of nitrogens with two attached hydrogens (primary N) is 1. The molecule has 1 saturated carbocycles. The van der Waals surface area contributed by atoms with Crippen LogP contribution in [0.25, 0.3) is 0 Å². The largest absolute Gasteiger partial charge is 0.337 e. The van der Waals surface area contributed by atoms with Gasteiger partial charge in [-0.1, -0.05) is 6.42 Å². The van der Waals surface area contributed by atoms with Crippen LogP contribution in [0.1, 0.15) is 51.9 Å². The molecule has 2 aliphatic heterocycles. The molecule has 114 valence electrons. The number of hydrogen-bond donors (Lipinski definition) is 1. The molecule has 20 heavy (non-hydrogen) atoms. The summed E-state index contributed by atoms with van der Waals surface area (Å²) in [4.78, 5) is 17.6. The van der Waals surface area contributed by atoms with Crippen molar-refractivity contribution in [3.05, 3.63) is 0 Å². The Morgan fingerprint density at radius 1 is 1.05 bits per heavy atom. The summed E-state index contributed by atoms with van der Waals surface area (Å²) in [6, 6.07) is 1.33. The number of piperazine rings is 1. The Labute approximate surface area is 122 Å². The first-order valence-electron chi connectivity index (χ1n) is 8.45. The highest BCUT2D eigenvalue weighted by atomic mass is 16.2. The summed E-state index contributed by atoms with van der Waals surface area (Å²) < 4.78 is 0. The van der Waals surface area contributed by atoms with Crippen molar-refractivity contribution in [2.24, 2.45) is 11.7 Å². The van der Waals surface area contributed by atoms with Gasteiger partial charge in [-0.05, 0) is 52.0 Å². The first kappa shape index (κ1) is 14.3. The number of nitrogens with zero attached hydrogens (tertiary/aromatic N) is 2. The molecule has 4 heteroatoms. The smallest absolute Gasteiger partial charge is 0.226 e. The SMILES string of the molecule is CC1CN2CCCCC2CN1C(=O)C1CCC(N)CC1. The van der Waals surface area contributed by atoms with Gasteiger partial charge in [0.05, 0.1) is 0 Å². The van der Waals surface area contributed by atoms with Crippen LogP contribution < -0.4 is 5.73 Å². The predicted molar refractivity (Wildman–Crippen MR) is 80.3 cm³/mol. The summed E-state index contributed by atoms with van der Waals surface area (Å²) in [6.45, 7) is 5.48. The molecule has 3 rings (SSSR count). The molecule has 2 atom stereocenters. The summed E-state index contributed by atoms with van der Waals surface area (Å²) in [5.74, 6) is 0.655. The molecule has 0 aromatic rings. The molecule has 0 aromatic heterocycles. The fourth-order valence-corrected chi connectivity index (χ4v) is 4.26. The number of piperidine rings is 1. The van der Waals surface area contributed by atoms with Gasteiger partial charge in [0.2, 0.25) is 5.91 Å². The zero-order chi connectivity index (χ0) is 14.1. The second-order valence-electron chi connectivity index (χ2n) is 7.10. The predicted octanol–water partition coefficient (Wildman–Crippen LogP) is 1.59. The van der Waals surface area contributed by atoms with Gasteiger partial charge in [-0.15, -0.1) is 0 Å². The Morgan fingerprint density at radius 3 is 2.55 bits per heavy atom. The minimum Gasteiger partial charge on any atom is -0.337 e. The number of carbonyl (C=O) groups is 1. The van der Waals surface area contributed by atoms with Crippen LogP contribution >= 0.6 is 0 Å². The number of amides is 1. The molecule has 1 aliphatic carbocycles. The van der Waals surface area contributed by atoms with Crippen LogP contribution in [-0.2, 0) is 4.79 Å². The van der Waals surface area contributed by atoms with E-state index in [1.54, 1.807) is 0 Å². The number of hydrogen-bond acceptors (Lipinski definition) is 3. The first-order chi connectivity index (χ1) is 9.65. The molecular weight excluding hydrogens is 250 g/mol. The third-order valence-electron chi connectivity index (χ3n) is 5.59. The molecular formula is C16H29N3O. The average Bonchev–Trinajstić information content (AvgIpc) is 2.46. The van der Waals surface area contributed by atoms with E-state index in [1.165, 1.54) is 25.8 Å². The fourth-order valence-electron chi connectivity index (χ4n) is 4.26. The van der Waals surface area contributed by atoms with Gasteiger partial charge in [0.1, 0.15) is 0 Å². The third-order valence-corrected chi connectivity index (χ3v) is 5.59. The van der Waals surface area contributed by atoms with E-state index in [4.69, 9.17) is 5.73 Å². The maximum Gasteiger partial charge on any atom is 0.226 e. The Bertz CT molecular complexity index is 352. The van der Waals surface area contributed by atoms with E-state index in [0.717, 1.165) is 38.8 Å². The zero-order valence-corrected chi connectivity index (χ0v) is 12.8. The third kappa shape index (κ3) is 2.86. The van der Waals surface area contributed by atoms with Crippen molar-refractivity contribution in [1.82, 2.24) is 9.80 Å². The van der Waals surface area contributed by atoms with E-state index >= 15 is 0 Å². The quantitative estimate of drug-likeness (QED) is 0.793. The Morgan fingerprint density at radius 2 is 1.80 bits per heavy atom. The lowest BCUT2D eigenvalue weighted by Crippen LogP contribution is -2.61. The summed E-state index contributed by atoms with van der Waals surface area (Å²) in [6.07, 6.45) is 7.97. The monoisotopic (exact) mass is 279 g/mol. The topological polar surface area (TPSA) is 49.6 Å². The average molecular weight is 279 g/mol. The van der Waals surface area contributed by atoms with Crippen molar-refractivity contribution >= 4 is 5.91 Å². The lowest BCUT2D eigenvalue weighted by molar-refractivity contribution is -0.143. The minimum absolute atomic E-state index is 0.243. The highest BCUT2D eigenvalue weighted by Crippen LogP contribution is 2.29. The second kappa shape index (κ2) is 6.02. The van der Waals surface area contributed by atoms with Crippen LogP contribution in [0.2, 0.25) is 0 Å². The van der Waals surface area contributed by atoms with Crippen molar-refractivity contribution in [3.63, 3.8) is 0 Å². The standard InChI is InChI=1S/C16H29N3O/c1-12-10-18-9-3-2-4-15(18)11-19(12)16(20)13-5-7-14(17)8-6-13/h12-15H,2-11,17H2,1H3. The lowest BCUT2D eigenvalue weighted by atomic mass is 9.84. The molecule has 2 unspecified atom stereocenters. The summed E-state index contributed by atoms with van der Waals surface area (Å²) in [7, 11) is 0. The van der Waals surface area contributed by atoms with Gasteiger partial charge in [-0.2, -0.15) is 0 Å². The summed E-state index contributed by atoms with van der Waals surface area (Å²) in [5, 5.41) is 0. The maximum atomic E-state index is 12.8. The first-order valence-corrected chi connectivity index (χ1v) is 8.45. The molecule has 2 N–H and O–H groups in total. The summed E-state index contributed by atoms with van der Waals surface area (Å²) in [5.41, 5.74) is 5.96. The molecule has 3 aliphatic rings. The van der Waals surface area contributed by atoms with E-state index in [9.17, 15) is 4.79 Å². The van der Waals surface area contributed by atoms with Gasteiger partial charge < -0.3 is 10.6 Å². The molecule has 2 saturated heterocycles. The molecule has 1 amide bonds. The Balaban J connectivity index is 1.62. The normalized spacial score (nSPS) is 39.4. The van der Waals surface area contributed by atoms with Crippen LogP contribution in [0.5, 0.6) is 0 Å². The lowest BCUT2D eigenvalue weighted by Gasteiger charge is -2.48. The Hall–Kier alpha value is -0.610. The van der Waals surface area contributed by atoms with Crippen molar-refractivity contribution in [3.8, 4) is 0 Å². The van der Waals surface area contributed by atoms with Gasteiger partial charge in [0.15, 0.2) is 0 Å². The van der Waals surface area contributed by atoms with Crippen molar-refractivity contribution in [2.75, 3.05) is 19.6 Å². The summed E-state index contributed by atoms with van der Waals surface area (Å²) >= 11 is 0. The molecule has 3 fully saturated rings.